The maximum absolute atomic E-state index is 11.4. The SMILES string of the molecule is [N-]=[N+]=NCCn1[nH]c(C2CC2)cc1=O. The molecule has 6 nitrogen and oxygen atoms in total. The average Bonchev–Trinajstić information content (AvgIpc) is 2.94. The number of azide groups is 1. The Morgan fingerprint density at radius 3 is 3.14 bits per heavy atom. The minimum absolute atomic E-state index is 0.0416. The van der Waals surface area contributed by atoms with Gasteiger partial charge in [0.2, 0.25) is 0 Å². The summed E-state index contributed by atoms with van der Waals surface area (Å²) in [5.74, 6) is 0.545. The zero-order valence-corrected chi connectivity index (χ0v) is 7.68. The summed E-state index contributed by atoms with van der Waals surface area (Å²) in [5, 5.41) is 6.40. The highest BCUT2D eigenvalue weighted by molar-refractivity contribution is 5.12. The van der Waals surface area contributed by atoms with E-state index in [9.17, 15) is 4.79 Å². The Morgan fingerprint density at radius 1 is 1.71 bits per heavy atom. The third-order valence-corrected chi connectivity index (χ3v) is 2.31. The van der Waals surface area contributed by atoms with E-state index in [1.54, 1.807) is 6.07 Å². The van der Waals surface area contributed by atoms with E-state index in [4.69, 9.17) is 5.53 Å². The number of aromatic amines is 1. The van der Waals surface area contributed by atoms with Crippen molar-refractivity contribution in [2.75, 3.05) is 6.54 Å². The van der Waals surface area contributed by atoms with E-state index in [1.807, 2.05) is 0 Å². The fourth-order valence-electron chi connectivity index (χ4n) is 1.41. The second-order valence-corrected chi connectivity index (χ2v) is 3.43. The van der Waals surface area contributed by atoms with Crippen LogP contribution in [0.25, 0.3) is 10.4 Å². The van der Waals surface area contributed by atoms with E-state index in [1.165, 1.54) is 4.68 Å². The first-order chi connectivity index (χ1) is 6.81. The quantitative estimate of drug-likeness (QED) is 0.437. The van der Waals surface area contributed by atoms with Crippen molar-refractivity contribution < 1.29 is 0 Å². The molecule has 0 saturated heterocycles. The van der Waals surface area contributed by atoms with Crippen molar-refractivity contribution in [3.63, 3.8) is 0 Å². The van der Waals surface area contributed by atoms with Crippen molar-refractivity contribution in [3.05, 3.63) is 32.6 Å². The van der Waals surface area contributed by atoms with Gasteiger partial charge < -0.3 is 0 Å². The highest BCUT2D eigenvalue weighted by Gasteiger charge is 2.25. The van der Waals surface area contributed by atoms with E-state index in [0.717, 1.165) is 18.5 Å². The lowest BCUT2D eigenvalue weighted by Crippen LogP contribution is -2.17. The third kappa shape index (κ3) is 1.80. The van der Waals surface area contributed by atoms with Crippen LogP contribution in [0.2, 0.25) is 0 Å². The van der Waals surface area contributed by atoms with E-state index in [-0.39, 0.29) is 5.56 Å². The van der Waals surface area contributed by atoms with Crippen LogP contribution in [0.15, 0.2) is 16.0 Å². The van der Waals surface area contributed by atoms with Crippen molar-refractivity contribution in [2.45, 2.75) is 25.3 Å². The number of aromatic nitrogens is 2. The van der Waals surface area contributed by atoms with Gasteiger partial charge in [0.15, 0.2) is 0 Å². The second-order valence-electron chi connectivity index (χ2n) is 3.43. The molecule has 1 aromatic rings. The Kier molecular flexibility index (Phi) is 2.28. The summed E-state index contributed by atoms with van der Waals surface area (Å²) in [6, 6.07) is 1.63. The van der Waals surface area contributed by atoms with Crippen LogP contribution in [-0.2, 0) is 6.54 Å². The van der Waals surface area contributed by atoms with E-state index in [0.29, 0.717) is 19.0 Å². The summed E-state index contributed by atoms with van der Waals surface area (Å²) >= 11 is 0. The first kappa shape index (κ1) is 8.90. The minimum Gasteiger partial charge on any atom is -0.299 e. The molecular formula is C8H11N5O. The van der Waals surface area contributed by atoms with Crippen LogP contribution >= 0.6 is 0 Å². The van der Waals surface area contributed by atoms with Crippen molar-refractivity contribution in [3.8, 4) is 0 Å². The Labute approximate surface area is 80.2 Å². The van der Waals surface area contributed by atoms with Gasteiger partial charge in [-0.2, -0.15) is 0 Å². The van der Waals surface area contributed by atoms with E-state index in [2.05, 4.69) is 15.1 Å². The van der Waals surface area contributed by atoms with Gasteiger partial charge in [0.25, 0.3) is 5.56 Å². The molecule has 2 rings (SSSR count). The van der Waals surface area contributed by atoms with Gasteiger partial charge in [-0.05, 0) is 18.4 Å². The molecule has 1 fully saturated rings. The predicted molar refractivity (Wildman–Crippen MR) is 51.0 cm³/mol. The van der Waals surface area contributed by atoms with E-state index >= 15 is 0 Å². The van der Waals surface area contributed by atoms with Crippen molar-refractivity contribution in [2.24, 2.45) is 5.11 Å². The zero-order chi connectivity index (χ0) is 9.97. The molecule has 0 aromatic carbocycles. The fraction of sp³-hybridized carbons (Fsp3) is 0.625. The van der Waals surface area contributed by atoms with Crippen molar-refractivity contribution in [1.29, 1.82) is 0 Å². The molecule has 74 valence electrons. The summed E-state index contributed by atoms with van der Waals surface area (Å²) < 4.78 is 1.49. The molecule has 1 aliphatic carbocycles. The molecule has 1 aromatic heterocycles. The van der Waals surface area contributed by atoms with Crippen LogP contribution in [0.1, 0.15) is 24.5 Å². The topological polar surface area (TPSA) is 86.6 Å². The van der Waals surface area contributed by atoms with Crippen LogP contribution in [-0.4, -0.2) is 16.3 Å². The maximum atomic E-state index is 11.4. The molecule has 0 atom stereocenters. The molecule has 6 heteroatoms. The van der Waals surface area contributed by atoms with Crippen LogP contribution in [0.3, 0.4) is 0 Å². The van der Waals surface area contributed by atoms with Crippen molar-refractivity contribution in [1.82, 2.24) is 9.78 Å². The van der Waals surface area contributed by atoms with Gasteiger partial charge in [0.1, 0.15) is 0 Å². The molecule has 0 unspecified atom stereocenters. The molecule has 1 saturated carbocycles. The number of H-pyrrole nitrogens is 1. The average molecular weight is 193 g/mol. The van der Waals surface area contributed by atoms with Gasteiger partial charge in [-0.15, -0.1) is 0 Å². The molecule has 1 N–H and O–H groups in total. The summed E-state index contributed by atoms with van der Waals surface area (Å²) in [7, 11) is 0. The molecule has 1 heterocycles. The number of hydrogen-bond acceptors (Lipinski definition) is 2. The van der Waals surface area contributed by atoms with Gasteiger partial charge in [0, 0.05) is 35.7 Å². The van der Waals surface area contributed by atoms with E-state index < -0.39 is 0 Å². The van der Waals surface area contributed by atoms with Crippen LogP contribution in [0.5, 0.6) is 0 Å². The molecular weight excluding hydrogens is 182 g/mol. The van der Waals surface area contributed by atoms with Gasteiger partial charge in [-0.3, -0.25) is 14.6 Å². The molecule has 1 aliphatic rings. The lowest BCUT2D eigenvalue weighted by molar-refractivity contribution is 0.597. The maximum Gasteiger partial charge on any atom is 0.266 e. The van der Waals surface area contributed by atoms with Crippen LogP contribution in [0, 0.1) is 0 Å². The molecule has 0 spiro atoms. The largest absolute Gasteiger partial charge is 0.299 e. The third-order valence-electron chi connectivity index (χ3n) is 2.31. The molecule has 0 bridgehead atoms. The van der Waals surface area contributed by atoms with Gasteiger partial charge >= 0.3 is 0 Å². The van der Waals surface area contributed by atoms with Crippen molar-refractivity contribution >= 4 is 0 Å². The van der Waals surface area contributed by atoms with Gasteiger partial charge in [-0.25, -0.2) is 0 Å². The first-order valence-electron chi connectivity index (χ1n) is 4.62. The lowest BCUT2D eigenvalue weighted by Gasteiger charge is -1.97. The highest BCUT2D eigenvalue weighted by Crippen LogP contribution is 2.38. The number of rotatable bonds is 4. The number of nitrogens with zero attached hydrogens (tertiary/aromatic N) is 4. The minimum atomic E-state index is -0.0416. The monoisotopic (exact) mass is 193 g/mol. The fourth-order valence-corrected chi connectivity index (χ4v) is 1.41. The first-order valence-corrected chi connectivity index (χ1v) is 4.62. The number of nitrogens with one attached hydrogen (secondary N) is 1. The Bertz CT molecular complexity index is 421. The lowest BCUT2D eigenvalue weighted by atomic mass is 10.3. The Hall–Kier alpha value is -1.68. The summed E-state index contributed by atoms with van der Waals surface area (Å²) in [6.07, 6.45) is 2.33. The molecule has 0 radical (unpaired) electrons. The zero-order valence-electron chi connectivity index (χ0n) is 7.68. The summed E-state index contributed by atoms with van der Waals surface area (Å²) in [5.41, 5.74) is 9.05. The Balaban J connectivity index is 2.08. The molecule has 14 heavy (non-hydrogen) atoms. The molecule has 0 amide bonds. The normalized spacial score (nSPS) is 15.1. The Morgan fingerprint density at radius 2 is 2.50 bits per heavy atom. The standard InChI is InChI=1S/C8H11N5O/c9-12-10-3-4-13-8(14)5-7(11-13)6-1-2-6/h5-6,11H,1-4H2. The molecule has 0 aliphatic heterocycles. The summed E-state index contributed by atoms with van der Waals surface area (Å²) in [4.78, 5) is 14.0. The van der Waals surface area contributed by atoms with Crippen LogP contribution in [0.4, 0.5) is 0 Å². The second kappa shape index (κ2) is 3.59. The predicted octanol–water partition coefficient (Wildman–Crippen LogP) is 1.36. The summed E-state index contributed by atoms with van der Waals surface area (Å²) in [6.45, 7) is 0.733. The number of hydrogen-bond donors (Lipinski definition) is 1. The van der Waals surface area contributed by atoms with Gasteiger partial charge in [0.05, 0.1) is 0 Å². The smallest absolute Gasteiger partial charge is 0.266 e. The highest BCUT2D eigenvalue weighted by atomic mass is 16.1. The van der Waals surface area contributed by atoms with Crippen LogP contribution < -0.4 is 5.56 Å². The van der Waals surface area contributed by atoms with Gasteiger partial charge in [-0.1, -0.05) is 5.11 Å².